The van der Waals surface area contributed by atoms with Gasteiger partial charge in [-0.1, -0.05) is 31.2 Å². The number of fused-ring (bicyclic) bond motifs is 3. The average Bonchev–Trinajstić information content (AvgIpc) is 3.13. The topological polar surface area (TPSA) is 80.5 Å². The second-order valence-corrected chi connectivity index (χ2v) is 9.13. The molecule has 29 heavy (non-hydrogen) atoms. The van der Waals surface area contributed by atoms with E-state index in [9.17, 15) is 8.42 Å². The van der Waals surface area contributed by atoms with E-state index in [4.69, 9.17) is 0 Å². The van der Waals surface area contributed by atoms with Crippen LogP contribution in [0, 0.1) is 13.8 Å². The van der Waals surface area contributed by atoms with Crippen molar-refractivity contribution in [2.45, 2.75) is 38.5 Å². The first-order valence-electron chi connectivity index (χ1n) is 9.53. The second kappa shape index (κ2) is 7.11. The van der Waals surface area contributed by atoms with Crippen LogP contribution in [0.2, 0.25) is 0 Å². The molecule has 0 saturated heterocycles. The monoisotopic (exact) mass is 409 g/mol. The summed E-state index contributed by atoms with van der Waals surface area (Å²) in [5, 5.41) is 8.62. The molecule has 0 N–H and O–H groups in total. The number of sulfonamides is 1. The molecule has 0 radical (unpaired) electrons. The van der Waals surface area contributed by atoms with E-state index >= 15 is 0 Å². The summed E-state index contributed by atoms with van der Waals surface area (Å²) in [5.74, 6) is 1.05. The Morgan fingerprint density at radius 2 is 1.83 bits per heavy atom. The number of hydrogen-bond donors (Lipinski definition) is 0. The quantitative estimate of drug-likeness (QED) is 0.502. The van der Waals surface area contributed by atoms with Crippen LogP contribution in [0.15, 0.2) is 47.4 Å². The predicted molar refractivity (Wildman–Crippen MR) is 114 cm³/mol. The molecular weight excluding hydrogens is 386 g/mol. The lowest BCUT2D eigenvalue weighted by atomic mass is 10.2. The van der Waals surface area contributed by atoms with Crippen LogP contribution in [0.3, 0.4) is 0 Å². The molecule has 2 heterocycles. The van der Waals surface area contributed by atoms with Gasteiger partial charge in [-0.15, -0.1) is 10.2 Å². The van der Waals surface area contributed by atoms with Crippen LogP contribution in [0.1, 0.15) is 30.3 Å². The number of anilines is 1. The zero-order valence-corrected chi connectivity index (χ0v) is 17.7. The maximum absolute atomic E-state index is 13.4. The highest BCUT2D eigenvalue weighted by Crippen LogP contribution is 2.29. The summed E-state index contributed by atoms with van der Waals surface area (Å²) in [6, 6.07) is 13.0. The van der Waals surface area contributed by atoms with Gasteiger partial charge in [0.05, 0.1) is 15.9 Å². The lowest BCUT2D eigenvalue weighted by Crippen LogP contribution is -2.29. The van der Waals surface area contributed by atoms with E-state index in [1.165, 1.54) is 11.4 Å². The molecule has 0 atom stereocenters. The molecule has 4 aromatic rings. The van der Waals surface area contributed by atoms with E-state index in [0.29, 0.717) is 16.7 Å². The van der Waals surface area contributed by atoms with Gasteiger partial charge in [-0.3, -0.25) is 4.40 Å². The third kappa shape index (κ3) is 3.13. The Hall–Kier alpha value is -3.00. The van der Waals surface area contributed by atoms with Crippen molar-refractivity contribution in [2.24, 2.45) is 0 Å². The first-order chi connectivity index (χ1) is 13.8. The number of benzene rings is 2. The van der Waals surface area contributed by atoms with Crippen molar-refractivity contribution in [1.82, 2.24) is 19.6 Å². The fourth-order valence-corrected chi connectivity index (χ4v) is 4.92. The fourth-order valence-electron chi connectivity index (χ4n) is 3.47. The van der Waals surface area contributed by atoms with Crippen molar-refractivity contribution in [3.8, 4) is 0 Å². The summed E-state index contributed by atoms with van der Waals surface area (Å²) in [4.78, 5) is 4.91. The second-order valence-electron chi connectivity index (χ2n) is 7.19. The van der Waals surface area contributed by atoms with E-state index in [1.807, 2.05) is 47.7 Å². The Kier molecular flexibility index (Phi) is 4.74. The van der Waals surface area contributed by atoms with Crippen LogP contribution < -0.4 is 4.31 Å². The van der Waals surface area contributed by atoms with E-state index in [-0.39, 0.29) is 10.7 Å². The standard InChI is InChI=1S/C21H23N5O2S/c1-5-8-19-23-24-21-20(22-16-9-6-7-10-17(16)26(19)21)25(4)29(27,28)18-13-14(2)11-12-15(18)3/h6-7,9-13H,5,8H2,1-4H3. The molecule has 2 aromatic heterocycles. The zero-order chi connectivity index (χ0) is 20.8. The first-order valence-corrected chi connectivity index (χ1v) is 11.0. The predicted octanol–water partition coefficient (Wildman–Crippen LogP) is 3.67. The Morgan fingerprint density at radius 1 is 1.07 bits per heavy atom. The molecule has 0 amide bonds. The Bertz CT molecular complexity index is 1330. The van der Waals surface area contributed by atoms with Crippen molar-refractivity contribution >= 4 is 32.5 Å². The summed E-state index contributed by atoms with van der Waals surface area (Å²) in [6.07, 6.45) is 1.64. The van der Waals surface area contributed by atoms with Crippen LogP contribution >= 0.6 is 0 Å². The van der Waals surface area contributed by atoms with E-state index in [0.717, 1.165) is 29.7 Å². The number of aryl methyl sites for hydroxylation is 3. The molecule has 0 aliphatic heterocycles. The largest absolute Gasteiger partial charge is 0.274 e. The van der Waals surface area contributed by atoms with Crippen LogP contribution in [0.4, 0.5) is 5.82 Å². The maximum Gasteiger partial charge on any atom is 0.265 e. The summed E-state index contributed by atoms with van der Waals surface area (Å²) >= 11 is 0. The molecule has 0 fully saturated rings. The van der Waals surface area contributed by atoms with Gasteiger partial charge in [-0.05, 0) is 49.6 Å². The molecule has 0 spiro atoms. The summed E-state index contributed by atoms with van der Waals surface area (Å²) < 4.78 is 30.0. The minimum absolute atomic E-state index is 0.263. The Morgan fingerprint density at radius 3 is 2.59 bits per heavy atom. The zero-order valence-electron chi connectivity index (χ0n) is 16.9. The van der Waals surface area contributed by atoms with Gasteiger partial charge >= 0.3 is 0 Å². The number of rotatable bonds is 5. The van der Waals surface area contributed by atoms with Crippen molar-refractivity contribution in [3.63, 3.8) is 0 Å². The minimum atomic E-state index is -3.82. The molecular formula is C21H23N5O2S. The number of hydrogen-bond acceptors (Lipinski definition) is 5. The molecule has 150 valence electrons. The molecule has 8 heteroatoms. The molecule has 0 saturated carbocycles. The van der Waals surface area contributed by atoms with Gasteiger partial charge in [0.2, 0.25) is 5.65 Å². The Labute approximate surface area is 170 Å². The number of nitrogens with zero attached hydrogens (tertiary/aromatic N) is 5. The molecule has 0 aliphatic rings. The van der Waals surface area contributed by atoms with E-state index < -0.39 is 10.0 Å². The van der Waals surface area contributed by atoms with Crippen LogP contribution in [0.5, 0.6) is 0 Å². The van der Waals surface area contributed by atoms with E-state index in [1.54, 1.807) is 13.0 Å². The van der Waals surface area contributed by atoms with Crippen molar-refractivity contribution in [1.29, 1.82) is 0 Å². The maximum atomic E-state index is 13.4. The lowest BCUT2D eigenvalue weighted by molar-refractivity contribution is 0.593. The van der Waals surface area contributed by atoms with Gasteiger partial charge < -0.3 is 0 Å². The highest BCUT2D eigenvalue weighted by atomic mass is 32.2. The van der Waals surface area contributed by atoms with Crippen molar-refractivity contribution in [3.05, 3.63) is 59.4 Å². The SMILES string of the molecule is CCCc1nnc2c(N(C)S(=O)(=O)c3cc(C)ccc3C)nc3ccccc3n12. The fraction of sp³-hybridized carbons (Fsp3) is 0.286. The van der Waals surface area contributed by atoms with Gasteiger partial charge in [0.1, 0.15) is 5.82 Å². The normalized spacial score (nSPS) is 12.0. The molecule has 2 aromatic carbocycles. The summed E-state index contributed by atoms with van der Waals surface area (Å²) in [7, 11) is -2.30. The Balaban J connectivity index is 1.98. The average molecular weight is 410 g/mol. The molecule has 7 nitrogen and oxygen atoms in total. The molecule has 4 rings (SSSR count). The molecule has 0 bridgehead atoms. The van der Waals surface area contributed by atoms with Gasteiger partial charge in [0.25, 0.3) is 10.0 Å². The number of aromatic nitrogens is 4. The lowest BCUT2D eigenvalue weighted by Gasteiger charge is -2.21. The van der Waals surface area contributed by atoms with Crippen LogP contribution in [-0.2, 0) is 16.4 Å². The molecule has 0 aliphatic carbocycles. The summed E-state index contributed by atoms with van der Waals surface area (Å²) in [5.41, 5.74) is 3.55. The highest BCUT2D eigenvalue weighted by molar-refractivity contribution is 7.92. The van der Waals surface area contributed by atoms with Gasteiger partial charge in [0, 0.05) is 13.5 Å². The van der Waals surface area contributed by atoms with Crippen LogP contribution in [-0.4, -0.2) is 35.0 Å². The minimum Gasteiger partial charge on any atom is -0.274 e. The molecule has 0 unspecified atom stereocenters. The third-order valence-corrected chi connectivity index (χ3v) is 6.92. The van der Waals surface area contributed by atoms with Crippen molar-refractivity contribution in [2.75, 3.05) is 11.4 Å². The smallest absolute Gasteiger partial charge is 0.265 e. The third-order valence-electron chi connectivity index (χ3n) is 5.03. The first kappa shape index (κ1) is 19.3. The van der Waals surface area contributed by atoms with Gasteiger partial charge in [-0.25, -0.2) is 17.7 Å². The van der Waals surface area contributed by atoms with Gasteiger partial charge in [-0.2, -0.15) is 0 Å². The van der Waals surface area contributed by atoms with E-state index in [2.05, 4.69) is 22.1 Å². The van der Waals surface area contributed by atoms with Crippen molar-refractivity contribution < 1.29 is 8.42 Å². The van der Waals surface area contributed by atoms with Gasteiger partial charge in [0.15, 0.2) is 5.82 Å². The van der Waals surface area contributed by atoms with Crippen LogP contribution in [0.25, 0.3) is 16.7 Å². The summed E-state index contributed by atoms with van der Waals surface area (Å²) in [6.45, 7) is 5.74. The number of para-hydroxylation sites is 2. The highest BCUT2D eigenvalue weighted by Gasteiger charge is 2.28.